The van der Waals surface area contributed by atoms with Crippen molar-refractivity contribution in [2.45, 2.75) is 76.9 Å². The highest BCUT2D eigenvalue weighted by atomic mass is 35.5. The lowest BCUT2D eigenvalue weighted by atomic mass is 9.90. The Balaban J connectivity index is 1.41. The Kier molecular flexibility index (Phi) is 10.1. The highest BCUT2D eigenvalue weighted by molar-refractivity contribution is 6.31. The van der Waals surface area contributed by atoms with Gasteiger partial charge in [-0.15, -0.1) is 0 Å². The first-order chi connectivity index (χ1) is 21.0. The minimum atomic E-state index is -0.524. The van der Waals surface area contributed by atoms with E-state index in [1.54, 1.807) is 24.4 Å². The fourth-order valence-electron chi connectivity index (χ4n) is 6.20. The summed E-state index contributed by atoms with van der Waals surface area (Å²) in [4.78, 5) is 27.2. The predicted molar refractivity (Wildman–Crippen MR) is 179 cm³/mol. The highest BCUT2D eigenvalue weighted by Gasteiger charge is 2.29. The number of nitrogens with two attached hydrogens (primary N) is 2. The Morgan fingerprint density at radius 2 is 2.00 bits per heavy atom. The summed E-state index contributed by atoms with van der Waals surface area (Å²) in [5.74, 6) is 0.0795. The molecule has 2 aromatic heterocycles. The lowest BCUT2D eigenvalue weighted by Gasteiger charge is -2.40. The van der Waals surface area contributed by atoms with E-state index in [9.17, 15) is 4.79 Å². The fraction of sp³-hybridized carbons (Fsp3) is 0.424. The van der Waals surface area contributed by atoms with E-state index in [0.29, 0.717) is 51.4 Å². The van der Waals surface area contributed by atoms with Crippen LogP contribution in [0.4, 0.5) is 4.39 Å². The second kappa shape index (κ2) is 13.8. The van der Waals surface area contributed by atoms with E-state index in [4.69, 9.17) is 34.7 Å². The van der Waals surface area contributed by atoms with Crippen LogP contribution in [-0.4, -0.2) is 50.9 Å². The molecule has 5 N–H and O–H groups in total. The Morgan fingerprint density at radius 1 is 1.20 bits per heavy atom. The molecule has 44 heavy (non-hydrogen) atoms. The summed E-state index contributed by atoms with van der Waals surface area (Å²) in [6.45, 7) is 4.48. The quantitative estimate of drug-likeness (QED) is 0.130. The summed E-state index contributed by atoms with van der Waals surface area (Å²) >= 11 is 13.1. The third-order valence-electron chi connectivity index (χ3n) is 8.54. The third-order valence-corrected chi connectivity index (χ3v) is 9.14. The molecule has 234 valence electrons. The van der Waals surface area contributed by atoms with Gasteiger partial charge >= 0.3 is 5.69 Å². The summed E-state index contributed by atoms with van der Waals surface area (Å²) in [5, 5.41) is 1.30. The van der Waals surface area contributed by atoms with Gasteiger partial charge in [-0.1, -0.05) is 29.3 Å². The van der Waals surface area contributed by atoms with Crippen molar-refractivity contribution >= 4 is 40.1 Å². The van der Waals surface area contributed by atoms with Crippen LogP contribution in [0.5, 0.6) is 0 Å². The summed E-state index contributed by atoms with van der Waals surface area (Å²) in [6.07, 6.45) is 8.30. The van der Waals surface area contributed by atoms with E-state index in [0.717, 1.165) is 56.1 Å². The van der Waals surface area contributed by atoms with E-state index >= 15 is 4.39 Å². The lowest BCUT2D eigenvalue weighted by molar-refractivity contribution is 0.110. The van der Waals surface area contributed by atoms with Crippen molar-refractivity contribution in [1.82, 2.24) is 19.4 Å². The van der Waals surface area contributed by atoms with E-state index in [1.807, 2.05) is 32.0 Å². The zero-order chi connectivity index (χ0) is 31.5. The first-order valence-electron chi connectivity index (χ1n) is 15.2. The van der Waals surface area contributed by atoms with Crippen LogP contribution in [0.1, 0.15) is 69.5 Å². The van der Waals surface area contributed by atoms with Gasteiger partial charge < -0.3 is 16.5 Å². The number of H-pyrrole nitrogens is 1. The van der Waals surface area contributed by atoms with Crippen LogP contribution >= 0.6 is 23.2 Å². The molecular formula is C33H40Cl2FN7O. The average Bonchev–Trinajstić information content (AvgIpc) is 3.37. The number of amidine groups is 1. The SMILES string of the molecule is CC(N)=NCC[C@@H]1CCC[C@@H](c2ccc(-n3cc4cc(-c5cc(CCC[C@H](C)N)cc(Cl)c5F)[nH]c4nc3=O)cc2Cl)N1C. The average molecular weight is 641 g/mol. The van der Waals surface area contributed by atoms with Gasteiger partial charge in [-0.2, -0.15) is 4.98 Å². The third kappa shape index (κ3) is 7.18. The predicted octanol–water partition coefficient (Wildman–Crippen LogP) is 6.79. The molecule has 1 fully saturated rings. The van der Waals surface area contributed by atoms with Crippen LogP contribution in [0.15, 0.2) is 52.4 Å². The number of hydrogen-bond acceptors (Lipinski definition) is 5. The molecule has 5 rings (SSSR count). The molecule has 1 saturated heterocycles. The monoisotopic (exact) mass is 639 g/mol. The first-order valence-corrected chi connectivity index (χ1v) is 15.9. The number of likely N-dealkylation sites (tertiary alicyclic amines) is 1. The van der Waals surface area contributed by atoms with Gasteiger partial charge in [0.2, 0.25) is 0 Å². The first kappa shape index (κ1) is 32.2. The highest BCUT2D eigenvalue weighted by Crippen LogP contribution is 2.38. The number of aromatic nitrogens is 3. The maximum absolute atomic E-state index is 15.2. The van der Waals surface area contributed by atoms with Gasteiger partial charge in [0.05, 0.1) is 22.2 Å². The molecule has 4 aromatic rings. The maximum atomic E-state index is 15.2. The normalized spacial score (nSPS) is 18.7. The molecule has 0 radical (unpaired) electrons. The van der Waals surface area contributed by atoms with Gasteiger partial charge in [-0.05, 0) is 107 Å². The molecule has 0 amide bonds. The molecule has 0 bridgehead atoms. The lowest BCUT2D eigenvalue weighted by Crippen LogP contribution is -2.39. The zero-order valence-electron chi connectivity index (χ0n) is 25.4. The number of aromatic amines is 1. The van der Waals surface area contributed by atoms with Crippen LogP contribution in [-0.2, 0) is 6.42 Å². The minimum Gasteiger partial charge on any atom is -0.388 e. The van der Waals surface area contributed by atoms with Crippen LogP contribution in [0.2, 0.25) is 10.0 Å². The zero-order valence-corrected chi connectivity index (χ0v) is 26.9. The van der Waals surface area contributed by atoms with E-state index < -0.39 is 11.5 Å². The van der Waals surface area contributed by atoms with E-state index in [-0.39, 0.29) is 17.1 Å². The van der Waals surface area contributed by atoms with Gasteiger partial charge in [0.15, 0.2) is 5.82 Å². The number of hydrogen-bond donors (Lipinski definition) is 3. The number of benzene rings is 2. The number of aliphatic imine (C=N–C) groups is 1. The second-order valence-electron chi connectivity index (χ2n) is 12.0. The standard InChI is InChI=1S/C33H40Cl2FN7O/c1-19(37)6-4-7-21-14-26(31(36)28(35)15-21)29-16-22-18-43(33(44)41-32(22)40-29)24-10-11-25(27(34)17-24)30-9-5-8-23(42(30)3)12-13-39-20(2)38/h10-11,14-19,23,30H,4-9,12-13,37H2,1-3H3,(H2,38,39)(H,40,41,44)/t19-,23-,30-/m0/s1. The molecule has 0 aliphatic carbocycles. The van der Waals surface area contributed by atoms with Crippen LogP contribution in [0.3, 0.4) is 0 Å². The molecule has 3 heterocycles. The smallest absolute Gasteiger partial charge is 0.354 e. The molecule has 3 atom stereocenters. The van der Waals surface area contributed by atoms with Gasteiger partial charge in [-0.3, -0.25) is 14.5 Å². The number of halogens is 3. The second-order valence-corrected chi connectivity index (χ2v) is 12.8. The number of aryl methyl sites for hydroxylation is 1. The molecule has 1 aliphatic rings. The summed E-state index contributed by atoms with van der Waals surface area (Å²) < 4.78 is 16.6. The Labute approximate surface area is 267 Å². The van der Waals surface area contributed by atoms with Gasteiger partial charge in [0.1, 0.15) is 5.65 Å². The fourth-order valence-corrected chi connectivity index (χ4v) is 6.74. The largest absolute Gasteiger partial charge is 0.388 e. The molecule has 0 spiro atoms. The Morgan fingerprint density at radius 3 is 2.73 bits per heavy atom. The number of piperidine rings is 1. The molecule has 0 unspecified atom stereocenters. The van der Waals surface area contributed by atoms with Crippen molar-refractivity contribution in [3.63, 3.8) is 0 Å². The van der Waals surface area contributed by atoms with Gasteiger partial charge in [0.25, 0.3) is 0 Å². The van der Waals surface area contributed by atoms with Crippen molar-refractivity contribution in [2.24, 2.45) is 16.5 Å². The minimum absolute atomic E-state index is 0.0494. The number of rotatable bonds is 10. The maximum Gasteiger partial charge on any atom is 0.354 e. The number of nitrogens with zero attached hydrogens (tertiary/aromatic N) is 4. The number of fused-ring (bicyclic) bond motifs is 1. The molecule has 11 heteroatoms. The van der Waals surface area contributed by atoms with Crippen molar-refractivity contribution in [1.29, 1.82) is 0 Å². The summed E-state index contributed by atoms with van der Waals surface area (Å²) in [7, 11) is 2.13. The van der Waals surface area contributed by atoms with Crippen molar-refractivity contribution in [3.8, 4) is 16.9 Å². The molecule has 0 saturated carbocycles. The van der Waals surface area contributed by atoms with Crippen molar-refractivity contribution in [2.75, 3.05) is 13.6 Å². The molecule has 2 aromatic carbocycles. The van der Waals surface area contributed by atoms with Crippen LogP contribution in [0, 0.1) is 5.82 Å². The topological polar surface area (TPSA) is 118 Å². The van der Waals surface area contributed by atoms with Crippen LogP contribution < -0.4 is 17.2 Å². The van der Waals surface area contributed by atoms with E-state index in [2.05, 4.69) is 26.9 Å². The van der Waals surface area contributed by atoms with E-state index in [1.165, 1.54) is 4.57 Å². The molecule has 8 nitrogen and oxygen atoms in total. The molecule has 1 aliphatic heterocycles. The number of nitrogens with one attached hydrogen (secondary N) is 1. The Bertz CT molecular complexity index is 1730. The molecular weight excluding hydrogens is 600 g/mol. The van der Waals surface area contributed by atoms with Crippen LogP contribution in [0.25, 0.3) is 28.0 Å². The Hall–Kier alpha value is -3.24. The summed E-state index contributed by atoms with van der Waals surface area (Å²) in [5.41, 5.74) is 14.9. The van der Waals surface area contributed by atoms with Crippen molar-refractivity contribution < 1.29 is 4.39 Å². The van der Waals surface area contributed by atoms with Gasteiger partial charge in [0, 0.05) is 46.8 Å². The summed E-state index contributed by atoms with van der Waals surface area (Å²) in [6, 6.07) is 11.6. The van der Waals surface area contributed by atoms with Gasteiger partial charge in [-0.25, -0.2) is 9.18 Å². The van der Waals surface area contributed by atoms with Crippen molar-refractivity contribution in [3.05, 3.63) is 80.1 Å².